The fourth-order valence-electron chi connectivity index (χ4n) is 4.32. The predicted octanol–water partition coefficient (Wildman–Crippen LogP) is 4.12. The van der Waals surface area contributed by atoms with Crippen LogP contribution in [0.15, 0.2) is 48.2 Å². The van der Waals surface area contributed by atoms with Crippen LogP contribution in [0.1, 0.15) is 22.7 Å². The molecule has 1 atom stereocenters. The zero-order chi connectivity index (χ0) is 23.9. The molecule has 1 aliphatic rings. The van der Waals surface area contributed by atoms with Crippen LogP contribution in [0.5, 0.6) is 5.75 Å². The molecule has 1 saturated heterocycles. The number of amides is 1. The van der Waals surface area contributed by atoms with E-state index in [9.17, 15) is 14.7 Å². The molecule has 0 bridgehead atoms. The normalized spacial score (nSPS) is 18.0. The van der Waals surface area contributed by atoms with E-state index in [-0.39, 0.29) is 22.6 Å². The van der Waals surface area contributed by atoms with Crippen LogP contribution in [0.3, 0.4) is 0 Å². The average molecular weight is 468 g/mol. The number of likely N-dealkylation sites (N-methyl/N-ethyl adjacent to an activating group) is 1. The van der Waals surface area contributed by atoms with Crippen LogP contribution >= 0.6 is 11.6 Å². The molecule has 1 aliphatic heterocycles. The Morgan fingerprint density at radius 1 is 1.24 bits per heavy atom. The Morgan fingerprint density at radius 2 is 1.97 bits per heavy atom. The number of aromatic amines is 1. The van der Waals surface area contributed by atoms with Crippen molar-refractivity contribution in [3.8, 4) is 5.75 Å². The van der Waals surface area contributed by atoms with Crippen LogP contribution < -0.4 is 4.74 Å². The largest absolute Gasteiger partial charge is 0.507 e. The van der Waals surface area contributed by atoms with Crippen molar-refractivity contribution in [2.75, 3.05) is 34.3 Å². The number of rotatable bonds is 6. The lowest BCUT2D eigenvalue weighted by molar-refractivity contribution is -0.140. The zero-order valence-electron chi connectivity index (χ0n) is 19.0. The van der Waals surface area contributed by atoms with Crippen LogP contribution in [-0.2, 0) is 9.59 Å². The fraction of sp³-hybridized carbons (Fsp3) is 0.280. The van der Waals surface area contributed by atoms with Crippen molar-refractivity contribution in [2.24, 2.45) is 0 Å². The Labute approximate surface area is 197 Å². The molecule has 7 nitrogen and oxygen atoms in total. The number of para-hydroxylation sites is 1. The molecule has 0 spiro atoms. The molecule has 33 heavy (non-hydrogen) atoms. The van der Waals surface area contributed by atoms with E-state index in [1.807, 2.05) is 50.2 Å². The van der Waals surface area contributed by atoms with Crippen molar-refractivity contribution >= 4 is 40.0 Å². The minimum atomic E-state index is -0.759. The molecular weight excluding hydrogens is 442 g/mol. The first-order valence-corrected chi connectivity index (χ1v) is 11.0. The second kappa shape index (κ2) is 8.92. The van der Waals surface area contributed by atoms with Gasteiger partial charge in [0.15, 0.2) is 0 Å². The van der Waals surface area contributed by atoms with E-state index in [2.05, 4.69) is 4.98 Å². The summed E-state index contributed by atoms with van der Waals surface area (Å²) in [5.74, 6) is -1.44. The zero-order valence-corrected chi connectivity index (χ0v) is 19.7. The third-order valence-electron chi connectivity index (χ3n) is 5.89. The molecule has 8 heteroatoms. The SMILES string of the molecule is COc1c(Cl)cc(C)cc1/C(O)=C1\C(=O)C(=O)N(CCN(C)C)C1c1c[nH]c2ccccc12. The average Bonchev–Trinajstić information content (AvgIpc) is 3.30. The highest BCUT2D eigenvalue weighted by atomic mass is 35.5. The number of aryl methyl sites for hydroxylation is 1. The van der Waals surface area contributed by atoms with Gasteiger partial charge in [0, 0.05) is 35.8 Å². The summed E-state index contributed by atoms with van der Waals surface area (Å²) in [4.78, 5) is 33.1. The molecular formula is C25H26ClN3O4. The standard InChI is InChI=1S/C25H26ClN3O4/c1-14-11-16(24(33-4)18(26)12-14)22(30)20-21(17-13-27-19-8-6-5-7-15(17)19)29(10-9-28(2)3)25(32)23(20)31/h5-8,11-13,21,27,30H,9-10H2,1-4H3/b22-20+. The third-order valence-corrected chi connectivity index (χ3v) is 6.17. The minimum absolute atomic E-state index is 0.0171. The van der Waals surface area contributed by atoms with E-state index < -0.39 is 17.7 Å². The van der Waals surface area contributed by atoms with Gasteiger partial charge in [0.05, 0.1) is 29.3 Å². The van der Waals surface area contributed by atoms with Crippen LogP contribution in [0.4, 0.5) is 0 Å². The number of Topliss-reactive ketones (excluding diaryl/α,β-unsaturated/α-hetero) is 1. The number of nitrogens with zero attached hydrogens (tertiary/aromatic N) is 2. The predicted molar refractivity (Wildman–Crippen MR) is 129 cm³/mol. The van der Waals surface area contributed by atoms with Gasteiger partial charge in [-0.1, -0.05) is 29.8 Å². The Hall–Kier alpha value is -3.29. The van der Waals surface area contributed by atoms with E-state index in [0.29, 0.717) is 18.1 Å². The van der Waals surface area contributed by atoms with Gasteiger partial charge in [-0.05, 0) is 44.8 Å². The second-order valence-electron chi connectivity index (χ2n) is 8.41. The molecule has 0 saturated carbocycles. The van der Waals surface area contributed by atoms with E-state index in [0.717, 1.165) is 22.0 Å². The minimum Gasteiger partial charge on any atom is -0.507 e. The van der Waals surface area contributed by atoms with Gasteiger partial charge in [0.2, 0.25) is 0 Å². The first kappa shape index (κ1) is 22.9. The van der Waals surface area contributed by atoms with Crippen molar-refractivity contribution in [1.82, 2.24) is 14.8 Å². The number of methoxy groups -OCH3 is 1. The van der Waals surface area contributed by atoms with E-state index in [4.69, 9.17) is 16.3 Å². The van der Waals surface area contributed by atoms with E-state index in [1.54, 1.807) is 18.3 Å². The van der Waals surface area contributed by atoms with Gasteiger partial charge in [-0.3, -0.25) is 9.59 Å². The monoisotopic (exact) mass is 467 g/mol. The highest BCUT2D eigenvalue weighted by Crippen LogP contribution is 2.44. The molecule has 1 fully saturated rings. The molecule has 0 radical (unpaired) electrons. The quantitative estimate of drug-likeness (QED) is 0.323. The van der Waals surface area contributed by atoms with Crippen molar-refractivity contribution in [1.29, 1.82) is 0 Å². The number of hydrogen-bond acceptors (Lipinski definition) is 5. The Balaban J connectivity index is 1.97. The summed E-state index contributed by atoms with van der Waals surface area (Å²) in [5.41, 5.74) is 2.69. The topological polar surface area (TPSA) is 85.9 Å². The molecule has 3 aromatic rings. The van der Waals surface area contributed by atoms with Gasteiger partial charge in [-0.25, -0.2) is 0 Å². The molecule has 172 valence electrons. The number of carbonyl (C=O) groups excluding carboxylic acids is 2. The van der Waals surface area contributed by atoms with E-state index in [1.165, 1.54) is 12.0 Å². The van der Waals surface area contributed by atoms with Gasteiger partial charge in [-0.2, -0.15) is 0 Å². The highest BCUT2D eigenvalue weighted by molar-refractivity contribution is 6.46. The smallest absolute Gasteiger partial charge is 0.295 e. The molecule has 0 aliphatic carbocycles. The van der Waals surface area contributed by atoms with Gasteiger partial charge in [0.25, 0.3) is 11.7 Å². The lowest BCUT2D eigenvalue weighted by atomic mass is 9.94. The lowest BCUT2D eigenvalue weighted by Crippen LogP contribution is -2.35. The number of ketones is 1. The van der Waals surface area contributed by atoms with E-state index >= 15 is 0 Å². The molecule has 1 aromatic heterocycles. The maximum Gasteiger partial charge on any atom is 0.295 e. The number of likely N-dealkylation sites (tertiary alicyclic amines) is 1. The van der Waals surface area contributed by atoms with Crippen molar-refractivity contribution in [2.45, 2.75) is 13.0 Å². The number of halogens is 1. The number of ether oxygens (including phenoxy) is 1. The number of aliphatic hydroxyl groups excluding tert-OH is 1. The molecule has 2 heterocycles. The lowest BCUT2D eigenvalue weighted by Gasteiger charge is -2.26. The fourth-order valence-corrected chi connectivity index (χ4v) is 4.67. The Morgan fingerprint density at radius 3 is 2.67 bits per heavy atom. The first-order chi connectivity index (χ1) is 15.7. The molecule has 2 aromatic carbocycles. The number of aliphatic hydroxyl groups is 1. The van der Waals surface area contributed by atoms with Gasteiger partial charge in [-0.15, -0.1) is 0 Å². The summed E-state index contributed by atoms with van der Waals surface area (Å²) in [6.07, 6.45) is 1.79. The Bertz CT molecular complexity index is 1280. The van der Waals surface area contributed by atoms with Crippen LogP contribution in [0.25, 0.3) is 16.7 Å². The number of benzene rings is 2. The summed E-state index contributed by atoms with van der Waals surface area (Å²) in [6.45, 7) is 2.71. The number of aromatic nitrogens is 1. The van der Waals surface area contributed by atoms with Gasteiger partial charge < -0.3 is 24.6 Å². The Kier molecular flexibility index (Phi) is 6.19. The molecule has 1 unspecified atom stereocenters. The van der Waals surface area contributed by atoms with Gasteiger partial charge in [0.1, 0.15) is 11.5 Å². The third kappa shape index (κ3) is 3.98. The highest BCUT2D eigenvalue weighted by Gasteiger charge is 2.47. The number of H-pyrrole nitrogens is 1. The van der Waals surface area contributed by atoms with Crippen molar-refractivity contribution in [3.05, 3.63) is 69.9 Å². The van der Waals surface area contributed by atoms with Crippen molar-refractivity contribution < 1.29 is 19.4 Å². The summed E-state index contributed by atoms with van der Waals surface area (Å²) in [6, 6.07) is 10.3. The summed E-state index contributed by atoms with van der Waals surface area (Å²) in [5, 5.41) is 12.6. The number of carbonyl (C=O) groups is 2. The molecule has 2 N–H and O–H groups in total. The summed E-state index contributed by atoms with van der Waals surface area (Å²) >= 11 is 6.35. The molecule has 1 amide bonds. The molecule has 4 rings (SSSR count). The maximum atomic E-state index is 13.3. The number of nitrogens with one attached hydrogen (secondary N) is 1. The van der Waals surface area contributed by atoms with Crippen LogP contribution in [0, 0.1) is 6.92 Å². The maximum absolute atomic E-state index is 13.3. The summed E-state index contributed by atoms with van der Waals surface area (Å²) < 4.78 is 5.43. The first-order valence-electron chi connectivity index (χ1n) is 10.6. The summed E-state index contributed by atoms with van der Waals surface area (Å²) in [7, 11) is 5.24. The van der Waals surface area contributed by atoms with Crippen LogP contribution in [0.2, 0.25) is 5.02 Å². The van der Waals surface area contributed by atoms with Crippen LogP contribution in [-0.4, -0.2) is 65.9 Å². The number of fused-ring (bicyclic) bond motifs is 1. The second-order valence-corrected chi connectivity index (χ2v) is 8.82. The van der Waals surface area contributed by atoms with Gasteiger partial charge >= 0.3 is 0 Å². The van der Waals surface area contributed by atoms with Crippen molar-refractivity contribution in [3.63, 3.8) is 0 Å². The number of hydrogen-bond donors (Lipinski definition) is 2.